The molecule has 3 rings (SSSR count). The number of aromatic amines is 1. The van der Waals surface area contributed by atoms with Crippen LogP contribution in [0.25, 0.3) is 22.2 Å². The number of aromatic nitrogens is 1. The minimum atomic E-state index is 0.191. The minimum absolute atomic E-state index is 0.191. The number of fused-ring (bicyclic) bond motifs is 1. The summed E-state index contributed by atoms with van der Waals surface area (Å²) in [5.74, 6) is 0. The van der Waals surface area contributed by atoms with Crippen molar-refractivity contribution in [2.75, 3.05) is 6.61 Å². The van der Waals surface area contributed by atoms with E-state index in [2.05, 4.69) is 35.3 Å². The molecule has 2 heteroatoms. The monoisotopic (exact) mass is 237 g/mol. The molecule has 1 aromatic heterocycles. The van der Waals surface area contributed by atoms with Crippen LogP contribution in [-0.4, -0.2) is 16.7 Å². The van der Waals surface area contributed by atoms with Gasteiger partial charge in [0.05, 0.1) is 0 Å². The second-order valence-electron chi connectivity index (χ2n) is 4.44. The molecule has 0 bridgehead atoms. The van der Waals surface area contributed by atoms with E-state index in [1.54, 1.807) is 0 Å². The first-order chi connectivity index (χ1) is 8.86. The first-order valence-electron chi connectivity index (χ1n) is 6.15. The van der Waals surface area contributed by atoms with Crippen molar-refractivity contribution in [3.63, 3.8) is 0 Å². The molecule has 2 nitrogen and oxygen atoms in total. The molecule has 1 heterocycles. The molecule has 0 fully saturated rings. The number of aliphatic hydroxyl groups is 1. The molecule has 0 amide bonds. The normalized spacial score (nSPS) is 10.9. The van der Waals surface area contributed by atoms with Crippen LogP contribution in [0.5, 0.6) is 0 Å². The first kappa shape index (κ1) is 11.1. The average molecular weight is 237 g/mol. The average Bonchev–Trinajstić information content (AvgIpc) is 2.83. The van der Waals surface area contributed by atoms with Gasteiger partial charge in [-0.3, -0.25) is 0 Å². The van der Waals surface area contributed by atoms with Gasteiger partial charge in [-0.1, -0.05) is 36.4 Å². The van der Waals surface area contributed by atoms with Gasteiger partial charge < -0.3 is 10.1 Å². The summed E-state index contributed by atoms with van der Waals surface area (Å²) >= 11 is 0. The molecule has 2 N–H and O–H groups in total. The molecule has 0 aliphatic carbocycles. The van der Waals surface area contributed by atoms with Crippen molar-refractivity contribution in [2.24, 2.45) is 0 Å². The second kappa shape index (κ2) is 4.67. The lowest BCUT2D eigenvalue weighted by Crippen LogP contribution is -1.90. The van der Waals surface area contributed by atoms with Crippen LogP contribution in [-0.2, 0) is 6.42 Å². The number of benzene rings is 2. The number of hydrogen-bond donors (Lipinski definition) is 2. The molecule has 0 aliphatic heterocycles. The predicted molar refractivity (Wildman–Crippen MR) is 74.5 cm³/mol. The van der Waals surface area contributed by atoms with E-state index in [4.69, 9.17) is 5.11 Å². The number of nitrogens with one attached hydrogen (secondary N) is 1. The van der Waals surface area contributed by atoms with Crippen LogP contribution in [0.4, 0.5) is 0 Å². The summed E-state index contributed by atoms with van der Waals surface area (Å²) in [4.78, 5) is 3.42. The van der Waals surface area contributed by atoms with E-state index >= 15 is 0 Å². The molecule has 0 saturated carbocycles. The second-order valence-corrected chi connectivity index (χ2v) is 4.44. The molecule has 0 spiro atoms. The third-order valence-electron chi connectivity index (χ3n) is 3.17. The standard InChI is InChI=1S/C16H15NO/c18-9-8-12-4-3-6-13(10-12)16-11-14-5-1-2-7-15(14)17-16/h1-7,10-11,17-18H,8-9H2. The topological polar surface area (TPSA) is 36.0 Å². The van der Waals surface area contributed by atoms with Crippen LogP contribution in [0.1, 0.15) is 5.56 Å². The van der Waals surface area contributed by atoms with E-state index in [0.717, 1.165) is 22.3 Å². The lowest BCUT2D eigenvalue weighted by molar-refractivity contribution is 0.299. The van der Waals surface area contributed by atoms with Crippen molar-refractivity contribution >= 4 is 10.9 Å². The molecular weight excluding hydrogens is 222 g/mol. The van der Waals surface area contributed by atoms with Crippen LogP contribution >= 0.6 is 0 Å². The molecule has 0 saturated heterocycles. The molecule has 0 aliphatic rings. The molecule has 18 heavy (non-hydrogen) atoms. The lowest BCUT2D eigenvalue weighted by atomic mass is 10.1. The molecule has 3 aromatic rings. The van der Waals surface area contributed by atoms with Gasteiger partial charge in [-0.2, -0.15) is 0 Å². The van der Waals surface area contributed by atoms with Crippen LogP contribution in [0.15, 0.2) is 54.6 Å². The highest BCUT2D eigenvalue weighted by molar-refractivity contribution is 5.85. The summed E-state index contributed by atoms with van der Waals surface area (Å²) < 4.78 is 0. The smallest absolute Gasteiger partial charge is 0.0471 e. The van der Waals surface area contributed by atoms with E-state index in [-0.39, 0.29) is 6.61 Å². The zero-order valence-electron chi connectivity index (χ0n) is 10.1. The highest BCUT2D eigenvalue weighted by Crippen LogP contribution is 2.24. The van der Waals surface area contributed by atoms with Gasteiger partial charge >= 0.3 is 0 Å². The van der Waals surface area contributed by atoms with Crippen molar-refractivity contribution in [1.29, 1.82) is 0 Å². The Morgan fingerprint density at radius 1 is 0.944 bits per heavy atom. The molecule has 0 atom stereocenters. The van der Waals surface area contributed by atoms with Crippen molar-refractivity contribution in [1.82, 2.24) is 4.98 Å². The van der Waals surface area contributed by atoms with Gasteiger partial charge in [0, 0.05) is 23.2 Å². The zero-order chi connectivity index (χ0) is 12.4. The minimum Gasteiger partial charge on any atom is -0.396 e. The molecule has 0 radical (unpaired) electrons. The summed E-state index contributed by atoms with van der Waals surface area (Å²) in [5, 5.41) is 10.2. The summed E-state index contributed by atoms with van der Waals surface area (Å²) in [6, 6.07) is 18.7. The van der Waals surface area contributed by atoms with E-state index < -0.39 is 0 Å². The Labute approximate surface area is 106 Å². The van der Waals surface area contributed by atoms with Crippen molar-refractivity contribution in [3.8, 4) is 11.3 Å². The summed E-state index contributed by atoms with van der Waals surface area (Å²) in [6.07, 6.45) is 0.702. The fourth-order valence-electron chi connectivity index (χ4n) is 2.25. The lowest BCUT2D eigenvalue weighted by Gasteiger charge is -2.02. The Bertz CT molecular complexity index is 636. The third-order valence-corrected chi connectivity index (χ3v) is 3.17. The van der Waals surface area contributed by atoms with E-state index in [9.17, 15) is 0 Å². The van der Waals surface area contributed by atoms with Gasteiger partial charge in [0.2, 0.25) is 0 Å². The van der Waals surface area contributed by atoms with Crippen molar-refractivity contribution in [2.45, 2.75) is 6.42 Å². The Morgan fingerprint density at radius 3 is 2.67 bits per heavy atom. The van der Waals surface area contributed by atoms with E-state index in [1.807, 2.05) is 24.3 Å². The Morgan fingerprint density at radius 2 is 1.83 bits per heavy atom. The Hall–Kier alpha value is -2.06. The summed E-state index contributed by atoms with van der Waals surface area (Å²) in [5.41, 5.74) is 4.60. The number of hydrogen-bond acceptors (Lipinski definition) is 1. The van der Waals surface area contributed by atoms with Crippen LogP contribution in [0.2, 0.25) is 0 Å². The Balaban J connectivity index is 2.05. The highest BCUT2D eigenvalue weighted by atomic mass is 16.2. The number of rotatable bonds is 3. The molecular formula is C16H15NO. The maximum absolute atomic E-state index is 8.99. The Kier molecular flexibility index (Phi) is 2.87. The number of aliphatic hydroxyl groups excluding tert-OH is 1. The first-order valence-corrected chi connectivity index (χ1v) is 6.15. The summed E-state index contributed by atoms with van der Waals surface area (Å²) in [7, 11) is 0. The van der Waals surface area contributed by atoms with Crippen LogP contribution < -0.4 is 0 Å². The van der Waals surface area contributed by atoms with Crippen molar-refractivity contribution in [3.05, 3.63) is 60.2 Å². The quantitative estimate of drug-likeness (QED) is 0.720. The predicted octanol–water partition coefficient (Wildman–Crippen LogP) is 3.37. The number of para-hydroxylation sites is 1. The maximum atomic E-state index is 8.99. The van der Waals surface area contributed by atoms with Gasteiger partial charge in [-0.05, 0) is 35.7 Å². The van der Waals surface area contributed by atoms with E-state index in [1.165, 1.54) is 5.39 Å². The van der Waals surface area contributed by atoms with Gasteiger partial charge in [-0.15, -0.1) is 0 Å². The third kappa shape index (κ3) is 2.03. The fraction of sp³-hybridized carbons (Fsp3) is 0.125. The molecule has 2 aromatic carbocycles. The van der Waals surface area contributed by atoms with E-state index in [0.29, 0.717) is 6.42 Å². The van der Waals surface area contributed by atoms with Gasteiger partial charge in [0.1, 0.15) is 0 Å². The highest BCUT2D eigenvalue weighted by Gasteiger charge is 2.03. The largest absolute Gasteiger partial charge is 0.396 e. The summed E-state index contributed by atoms with van der Waals surface area (Å²) in [6.45, 7) is 0.191. The maximum Gasteiger partial charge on any atom is 0.0471 e. The zero-order valence-corrected chi connectivity index (χ0v) is 10.1. The van der Waals surface area contributed by atoms with Crippen molar-refractivity contribution < 1.29 is 5.11 Å². The fourth-order valence-corrected chi connectivity index (χ4v) is 2.25. The molecule has 0 unspecified atom stereocenters. The van der Waals surface area contributed by atoms with Gasteiger partial charge in [0.25, 0.3) is 0 Å². The van der Waals surface area contributed by atoms with Gasteiger partial charge in [0.15, 0.2) is 0 Å². The SMILES string of the molecule is OCCc1cccc(-c2cc3ccccc3[nH]2)c1. The molecule has 90 valence electrons. The van der Waals surface area contributed by atoms with Gasteiger partial charge in [-0.25, -0.2) is 0 Å². The number of H-pyrrole nitrogens is 1. The van der Waals surface area contributed by atoms with Crippen LogP contribution in [0.3, 0.4) is 0 Å². The van der Waals surface area contributed by atoms with Crippen LogP contribution in [0, 0.1) is 0 Å².